The topological polar surface area (TPSA) is 84.7 Å². The van der Waals surface area contributed by atoms with Gasteiger partial charge in [0.05, 0.1) is 6.20 Å². The molecule has 1 atom stereocenters. The number of rotatable bonds is 1. The summed E-state index contributed by atoms with van der Waals surface area (Å²) < 4.78 is 44.9. The Morgan fingerprint density at radius 3 is 2.43 bits per heavy atom. The van der Waals surface area contributed by atoms with Gasteiger partial charge in [-0.1, -0.05) is 0 Å². The monoisotopic (exact) mass is 335 g/mol. The minimum absolute atomic E-state index is 0.314. The summed E-state index contributed by atoms with van der Waals surface area (Å²) in [6.07, 6.45) is -5.14. The van der Waals surface area contributed by atoms with Gasteiger partial charge in [-0.25, -0.2) is 14.3 Å². The van der Waals surface area contributed by atoms with E-state index in [0.717, 1.165) is 11.1 Å². The maximum absolute atomic E-state index is 13.1. The number of hydrogen-bond donors (Lipinski definition) is 1. The van der Waals surface area contributed by atoms with Gasteiger partial charge in [0, 0.05) is 6.54 Å². The Labute approximate surface area is 129 Å². The summed E-state index contributed by atoms with van der Waals surface area (Å²) in [6, 6.07) is -1.98. The molecular formula is C13H16F3N3O4. The van der Waals surface area contributed by atoms with Crippen LogP contribution in [0.4, 0.5) is 23.8 Å². The summed E-state index contributed by atoms with van der Waals surface area (Å²) in [5.74, 6) is -1.89. The van der Waals surface area contributed by atoms with E-state index >= 15 is 0 Å². The smallest absolute Gasteiger partial charge is 0.416 e. The summed E-state index contributed by atoms with van der Waals surface area (Å²) in [7, 11) is 0. The van der Waals surface area contributed by atoms with Crippen molar-refractivity contribution in [2.24, 2.45) is 0 Å². The second kappa shape index (κ2) is 5.43. The molecule has 2 rings (SSSR count). The van der Waals surface area contributed by atoms with Crippen molar-refractivity contribution in [1.82, 2.24) is 9.78 Å². The molecule has 0 radical (unpaired) electrons. The molecule has 1 amide bonds. The highest BCUT2D eigenvalue weighted by molar-refractivity contribution is 5.99. The molecule has 128 valence electrons. The third-order valence-electron chi connectivity index (χ3n) is 3.17. The van der Waals surface area contributed by atoms with Gasteiger partial charge in [0.25, 0.3) is 0 Å². The lowest BCUT2D eigenvalue weighted by atomic mass is 10.1. The number of carbonyl (C=O) groups excluding carboxylic acids is 1. The maximum Gasteiger partial charge on any atom is 0.416 e. The molecule has 1 N–H and O–H groups in total. The van der Waals surface area contributed by atoms with Crippen LogP contribution in [0.3, 0.4) is 0 Å². The second-order valence-electron chi connectivity index (χ2n) is 6.11. The molecule has 0 spiro atoms. The first-order chi connectivity index (χ1) is 10.4. The molecule has 7 nitrogen and oxygen atoms in total. The molecule has 1 aromatic rings. The Balaban J connectivity index is 2.48. The van der Waals surface area contributed by atoms with Gasteiger partial charge in [0.15, 0.2) is 11.9 Å². The SMILES string of the molecule is CC(C)(C)OC(=O)N1CCC(C(F)(F)F)n2ncc(C(=O)O)c21. The number of hydrogen-bond acceptors (Lipinski definition) is 4. The quantitative estimate of drug-likeness (QED) is 0.853. The largest absolute Gasteiger partial charge is 0.477 e. The van der Waals surface area contributed by atoms with Crippen LogP contribution in [0.2, 0.25) is 0 Å². The van der Waals surface area contributed by atoms with Gasteiger partial charge in [0.2, 0.25) is 0 Å². The van der Waals surface area contributed by atoms with Gasteiger partial charge in [-0.2, -0.15) is 18.3 Å². The maximum atomic E-state index is 13.1. The summed E-state index contributed by atoms with van der Waals surface area (Å²) in [5, 5.41) is 12.7. The fourth-order valence-corrected chi connectivity index (χ4v) is 2.28. The Bertz CT molecular complexity index is 633. The van der Waals surface area contributed by atoms with Gasteiger partial charge >= 0.3 is 18.2 Å². The molecule has 23 heavy (non-hydrogen) atoms. The lowest BCUT2D eigenvalue weighted by Crippen LogP contribution is -2.45. The number of ether oxygens (including phenoxy) is 1. The van der Waals surface area contributed by atoms with Crippen LogP contribution in [0, 0.1) is 0 Å². The van der Waals surface area contributed by atoms with Gasteiger partial charge in [-0.05, 0) is 27.2 Å². The number of carboxylic acids is 1. The van der Waals surface area contributed by atoms with E-state index in [1.54, 1.807) is 20.8 Å². The Morgan fingerprint density at radius 2 is 1.96 bits per heavy atom. The molecule has 2 heterocycles. The minimum atomic E-state index is -4.60. The zero-order chi connectivity index (χ0) is 17.6. The van der Waals surface area contributed by atoms with Crippen LogP contribution in [0.25, 0.3) is 0 Å². The van der Waals surface area contributed by atoms with Crippen molar-refractivity contribution in [2.45, 2.75) is 45.0 Å². The van der Waals surface area contributed by atoms with E-state index in [0.29, 0.717) is 4.68 Å². The van der Waals surface area contributed by atoms with Crippen LogP contribution in [-0.2, 0) is 4.74 Å². The van der Waals surface area contributed by atoms with Crippen LogP contribution < -0.4 is 4.90 Å². The second-order valence-corrected chi connectivity index (χ2v) is 6.11. The van der Waals surface area contributed by atoms with Crippen molar-refractivity contribution in [1.29, 1.82) is 0 Å². The predicted molar refractivity (Wildman–Crippen MR) is 72.5 cm³/mol. The number of halogens is 3. The number of fused-ring (bicyclic) bond motifs is 1. The van der Waals surface area contributed by atoms with Crippen molar-refractivity contribution < 1.29 is 32.6 Å². The number of alkyl halides is 3. The average Bonchev–Trinajstić information content (AvgIpc) is 2.78. The highest BCUT2D eigenvalue weighted by Crippen LogP contribution is 2.40. The predicted octanol–water partition coefficient (Wildman–Crippen LogP) is 2.83. The fraction of sp³-hybridized carbons (Fsp3) is 0.615. The van der Waals surface area contributed by atoms with Gasteiger partial charge in [-0.3, -0.25) is 4.90 Å². The molecule has 1 aliphatic heterocycles. The van der Waals surface area contributed by atoms with E-state index in [4.69, 9.17) is 9.84 Å². The molecule has 1 aliphatic rings. The molecule has 10 heteroatoms. The van der Waals surface area contributed by atoms with Gasteiger partial charge in [-0.15, -0.1) is 0 Å². The van der Waals surface area contributed by atoms with E-state index in [2.05, 4.69) is 5.10 Å². The molecule has 0 aliphatic carbocycles. The van der Waals surface area contributed by atoms with Crippen LogP contribution in [0.5, 0.6) is 0 Å². The summed E-state index contributed by atoms with van der Waals surface area (Å²) in [6.45, 7) is 4.49. The minimum Gasteiger partial charge on any atom is -0.477 e. The first-order valence-electron chi connectivity index (χ1n) is 6.80. The van der Waals surface area contributed by atoms with E-state index in [9.17, 15) is 22.8 Å². The van der Waals surface area contributed by atoms with Crippen LogP contribution in [0.1, 0.15) is 43.6 Å². The van der Waals surface area contributed by atoms with Crippen LogP contribution >= 0.6 is 0 Å². The van der Waals surface area contributed by atoms with Crippen molar-refractivity contribution in [3.63, 3.8) is 0 Å². The van der Waals surface area contributed by atoms with E-state index < -0.39 is 47.7 Å². The van der Waals surface area contributed by atoms with E-state index in [-0.39, 0.29) is 6.54 Å². The van der Waals surface area contributed by atoms with Crippen molar-refractivity contribution in [3.8, 4) is 0 Å². The summed E-state index contributed by atoms with van der Waals surface area (Å²) in [4.78, 5) is 24.3. The fourth-order valence-electron chi connectivity index (χ4n) is 2.28. The molecule has 0 aromatic carbocycles. The summed E-state index contributed by atoms with van der Waals surface area (Å²) >= 11 is 0. The molecule has 1 unspecified atom stereocenters. The van der Waals surface area contributed by atoms with Crippen molar-refractivity contribution in [2.75, 3.05) is 11.4 Å². The van der Waals surface area contributed by atoms with Crippen molar-refractivity contribution >= 4 is 17.9 Å². The average molecular weight is 335 g/mol. The van der Waals surface area contributed by atoms with E-state index in [1.165, 1.54) is 0 Å². The summed E-state index contributed by atoms with van der Waals surface area (Å²) in [5.41, 5.74) is -1.35. The Hall–Kier alpha value is -2.26. The molecule has 1 aromatic heterocycles. The first-order valence-corrected chi connectivity index (χ1v) is 6.80. The number of carbonyl (C=O) groups is 2. The molecular weight excluding hydrogens is 319 g/mol. The molecule has 0 saturated carbocycles. The third kappa shape index (κ3) is 3.40. The number of amides is 1. The highest BCUT2D eigenvalue weighted by Gasteiger charge is 2.47. The number of nitrogens with zero attached hydrogens (tertiary/aromatic N) is 3. The standard InChI is InChI=1S/C13H16F3N3O4/c1-12(2,3)23-11(22)18-5-4-8(13(14,15)16)19-9(18)7(6-17-19)10(20)21/h6,8H,4-5H2,1-3H3,(H,20,21). The zero-order valence-electron chi connectivity index (χ0n) is 12.7. The number of anilines is 1. The normalized spacial score (nSPS) is 18.5. The van der Waals surface area contributed by atoms with Crippen LogP contribution in [-0.4, -0.2) is 45.3 Å². The van der Waals surface area contributed by atoms with E-state index in [1.807, 2.05) is 0 Å². The lowest BCUT2D eigenvalue weighted by molar-refractivity contribution is -0.172. The van der Waals surface area contributed by atoms with Crippen molar-refractivity contribution in [3.05, 3.63) is 11.8 Å². The Morgan fingerprint density at radius 1 is 1.35 bits per heavy atom. The zero-order valence-corrected chi connectivity index (χ0v) is 12.7. The molecule has 0 bridgehead atoms. The number of aromatic carboxylic acids is 1. The van der Waals surface area contributed by atoms with Gasteiger partial charge in [0.1, 0.15) is 11.2 Å². The number of carboxylic acid groups (broad SMARTS) is 1. The highest BCUT2D eigenvalue weighted by atomic mass is 19.4. The third-order valence-corrected chi connectivity index (χ3v) is 3.17. The lowest BCUT2D eigenvalue weighted by Gasteiger charge is -2.35. The first kappa shape index (κ1) is 17.1. The molecule has 0 fully saturated rings. The van der Waals surface area contributed by atoms with Gasteiger partial charge < -0.3 is 9.84 Å². The Kier molecular flexibility index (Phi) is 4.03. The van der Waals surface area contributed by atoms with Crippen LogP contribution in [0.15, 0.2) is 6.20 Å². The number of aromatic nitrogens is 2. The molecule has 0 saturated heterocycles.